The first-order valence-electron chi connectivity index (χ1n) is 5.64. The maximum Gasteiger partial charge on any atom is 0.281 e. The molecule has 19 heavy (non-hydrogen) atoms. The lowest BCUT2D eigenvalue weighted by Crippen LogP contribution is -2.58. The van der Waals surface area contributed by atoms with Crippen LogP contribution >= 0.6 is 0 Å². The molecule has 0 saturated carbocycles. The van der Waals surface area contributed by atoms with E-state index in [2.05, 4.69) is 4.98 Å². The zero-order valence-corrected chi connectivity index (χ0v) is 11.5. The van der Waals surface area contributed by atoms with Gasteiger partial charge in [-0.2, -0.15) is 22.3 Å². The molecule has 1 fully saturated rings. The fourth-order valence-electron chi connectivity index (χ4n) is 1.63. The Bertz CT molecular complexity index is 603. The van der Waals surface area contributed by atoms with Gasteiger partial charge < -0.3 is 4.74 Å². The van der Waals surface area contributed by atoms with Crippen molar-refractivity contribution in [3.8, 4) is 11.8 Å². The van der Waals surface area contributed by atoms with Gasteiger partial charge in [0.2, 0.25) is 0 Å². The highest BCUT2D eigenvalue weighted by Crippen LogP contribution is 2.21. The van der Waals surface area contributed by atoms with E-state index in [0.29, 0.717) is 18.8 Å². The molecule has 0 radical (unpaired) electrons. The zero-order valence-electron chi connectivity index (χ0n) is 10.6. The number of aromatic nitrogens is 1. The van der Waals surface area contributed by atoms with Crippen LogP contribution < -0.4 is 4.74 Å². The highest BCUT2D eigenvalue weighted by molar-refractivity contribution is 7.86. The van der Waals surface area contributed by atoms with Crippen LogP contribution in [0.5, 0.6) is 5.75 Å². The second-order valence-corrected chi connectivity index (χ2v) is 6.48. The van der Waals surface area contributed by atoms with Crippen molar-refractivity contribution in [2.75, 3.05) is 27.2 Å². The first kappa shape index (κ1) is 13.7. The molecular formula is C11H14N4O3S. The van der Waals surface area contributed by atoms with Crippen LogP contribution in [0.3, 0.4) is 0 Å². The van der Waals surface area contributed by atoms with E-state index >= 15 is 0 Å². The minimum atomic E-state index is -3.36. The van der Waals surface area contributed by atoms with Crippen LogP contribution in [0.25, 0.3) is 0 Å². The molecule has 0 aromatic carbocycles. The Morgan fingerprint density at radius 1 is 1.53 bits per heavy atom. The fourth-order valence-corrected chi connectivity index (χ4v) is 2.80. The second-order valence-electron chi connectivity index (χ2n) is 4.34. The number of nitrogens with zero attached hydrogens (tertiary/aromatic N) is 4. The summed E-state index contributed by atoms with van der Waals surface area (Å²) in [6, 6.07) is 5.09. The lowest BCUT2D eigenvalue weighted by atomic mass is 10.2. The van der Waals surface area contributed by atoms with Crippen molar-refractivity contribution in [2.45, 2.75) is 6.10 Å². The van der Waals surface area contributed by atoms with Gasteiger partial charge in [0.25, 0.3) is 10.2 Å². The molecule has 8 heteroatoms. The minimum absolute atomic E-state index is 0.191. The maximum atomic E-state index is 11.8. The molecule has 102 valence electrons. The number of hydrogen-bond acceptors (Lipinski definition) is 5. The van der Waals surface area contributed by atoms with E-state index in [-0.39, 0.29) is 11.8 Å². The molecule has 7 nitrogen and oxygen atoms in total. The molecule has 1 aliphatic rings. The van der Waals surface area contributed by atoms with Gasteiger partial charge in [-0.25, -0.2) is 4.98 Å². The summed E-state index contributed by atoms with van der Waals surface area (Å²) in [4.78, 5) is 3.83. The number of nitriles is 1. The number of hydrogen-bond donors (Lipinski definition) is 0. The Kier molecular flexibility index (Phi) is 3.71. The van der Waals surface area contributed by atoms with E-state index in [1.54, 1.807) is 6.07 Å². The summed E-state index contributed by atoms with van der Waals surface area (Å²) in [5.41, 5.74) is 0.273. The molecule has 0 spiro atoms. The molecule has 1 aromatic rings. The van der Waals surface area contributed by atoms with Gasteiger partial charge in [-0.05, 0) is 6.07 Å². The average Bonchev–Trinajstić information content (AvgIpc) is 2.33. The minimum Gasteiger partial charge on any atom is -0.488 e. The van der Waals surface area contributed by atoms with Crippen LogP contribution in [0, 0.1) is 11.3 Å². The van der Waals surface area contributed by atoms with E-state index < -0.39 is 10.2 Å². The van der Waals surface area contributed by atoms with Gasteiger partial charge in [0.1, 0.15) is 23.6 Å². The topological polar surface area (TPSA) is 86.5 Å². The quantitative estimate of drug-likeness (QED) is 0.764. The smallest absolute Gasteiger partial charge is 0.281 e. The first-order chi connectivity index (χ1) is 8.93. The average molecular weight is 282 g/mol. The van der Waals surface area contributed by atoms with Crippen molar-refractivity contribution >= 4 is 10.2 Å². The predicted molar refractivity (Wildman–Crippen MR) is 67.5 cm³/mol. The molecule has 0 aliphatic carbocycles. The van der Waals surface area contributed by atoms with Crippen LogP contribution in [0.2, 0.25) is 0 Å². The zero-order chi connectivity index (χ0) is 14.0. The Balaban J connectivity index is 1.94. The number of rotatable bonds is 4. The SMILES string of the molecule is CN(C)S(=O)(=O)N1CC(Oc2ccnc(C#N)c2)C1. The van der Waals surface area contributed by atoms with E-state index in [0.717, 1.165) is 0 Å². The van der Waals surface area contributed by atoms with E-state index in [9.17, 15) is 8.42 Å². The highest BCUT2D eigenvalue weighted by Gasteiger charge is 2.38. The lowest BCUT2D eigenvalue weighted by molar-refractivity contribution is 0.0726. The third-order valence-electron chi connectivity index (χ3n) is 2.75. The Morgan fingerprint density at radius 2 is 2.21 bits per heavy atom. The summed E-state index contributed by atoms with van der Waals surface area (Å²) in [5.74, 6) is 0.526. The summed E-state index contributed by atoms with van der Waals surface area (Å²) in [6.07, 6.45) is 1.30. The molecule has 1 aliphatic heterocycles. The van der Waals surface area contributed by atoms with Gasteiger partial charge in [-0.15, -0.1) is 0 Å². The van der Waals surface area contributed by atoms with E-state index in [4.69, 9.17) is 10.00 Å². The molecular weight excluding hydrogens is 268 g/mol. The summed E-state index contributed by atoms with van der Waals surface area (Å²) < 4.78 is 31.6. The number of pyridine rings is 1. The standard InChI is InChI=1S/C11H14N4O3S/c1-14(2)19(16,17)15-7-11(8-15)18-10-3-4-13-9(5-10)6-12/h3-5,11H,7-8H2,1-2H3. The van der Waals surface area contributed by atoms with Crippen LogP contribution in [-0.2, 0) is 10.2 Å². The van der Waals surface area contributed by atoms with Crippen LogP contribution in [0.15, 0.2) is 18.3 Å². The lowest BCUT2D eigenvalue weighted by Gasteiger charge is -2.38. The molecule has 0 amide bonds. The fraction of sp³-hybridized carbons (Fsp3) is 0.455. The van der Waals surface area contributed by atoms with Crippen molar-refractivity contribution in [1.29, 1.82) is 5.26 Å². The third-order valence-corrected chi connectivity index (χ3v) is 4.62. The Labute approximate surface area is 112 Å². The molecule has 1 aromatic heterocycles. The monoisotopic (exact) mass is 282 g/mol. The molecule has 0 unspecified atom stereocenters. The van der Waals surface area contributed by atoms with Crippen molar-refractivity contribution in [2.24, 2.45) is 0 Å². The summed E-state index contributed by atoms with van der Waals surface area (Å²) in [7, 11) is -0.373. The third kappa shape index (κ3) is 2.84. The second kappa shape index (κ2) is 5.13. The van der Waals surface area contributed by atoms with Crippen molar-refractivity contribution in [3.63, 3.8) is 0 Å². The summed E-state index contributed by atoms with van der Waals surface area (Å²) in [5, 5.41) is 8.72. The molecule has 0 N–H and O–H groups in total. The first-order valence-corrected chi connectivity index (χ1v) is 7.03. The van der Waals surface area contributed by atoms with Crippen molar-refractivity contribution in [1.82, 2.24) is 13.6 Å². The molecule has 2 rings (SSSR count). The van der Waals surface area contributed by atoms with Crippen molar-refractivity contribution < 1.29 is 13.2 Å². The van der Waals surface area contributed by atoms with Gasteiger partial charge in [0, 0.05) is 26.4 Å². The van der Waals surface area contributed by atoms with Crippen molar-refractivity contribution in [3.05, 3.63) is 24.0 Å². The van der Waals surface area contributed by atoms with Crippen LogP contribution in [-0.4, -0.2) is 55.3 Å². The molecule has 2 heterocycles. The van der Waals surface area contributed by atoms with Gasteiger partial charge in [0.15, 0.2) is 0 Å². The van der Waals surface area contributed by atoms with Gasteiger partial charge in [-0.1, -0.05) is 0 Å². The summed E-state index contributed by atoms with van der Waals surface area (Å²) >= 11 is 0. The summed E-state index contributed by atoms with van der Waals surface area (Å²) in [6.45, 7) is 0.620. The molecule has 1 saturated heterocycles. The van der Waals surface area contributed by atoms with Gasteiger partial charge in [-0.3, -0.25) is 0 Å². The van der Waals surface area contributed by atoms with Crippen LogP contribution in [0.4, 0.5) is 0 Å². The van der Waals surface area contributed by atoms with Gasteiger partial charge in [0.05, 0.1) is 13.1 Å². The molecule has 0 atom stereocenters. The van der Waals surface area contributed by atoms with E-state index in [1.165, 1.54) is 35.0 Å². The van der Waals surface area contributed by atoms with E-state index in [1.807, 2.05) is 6.07 Å². The normalized spacial score (nSPS) is 16.9. The Hall–Kier alpha value is -1.69. The maximum absolute atomic E-state index is 11.8. The van der Waals surface area contributed by atoms with Gasteiger partial charge >= 0.3 is 0 Å². The highest BCUT2D eigenvalue weighted by atomic mass is 32.2. The largest absolute Gasteiger partial charge is 0.488 e. The number of ether oxygens (including phenoxy) is 1. The Morgan fingerprint density at radius 3 is 2.79 bits per heavy atom. The molecule has 0 bridgehead atoms. The predicted octanol–water partition coefficient (Wildman–Crippen LogP) is -0.177. The van der Waals surface area contributed by atoms with Crippen LogP contribution in [0.1, 0.15) is 5.69 Å².